The Balaban J connectivity index is 0.00000338. The lowest BCUT2D eigenvalue weighted by atomic mass is 10.1. The number of nitrogens with one attached hydrogen (secondary N) is 2. The summed E-state index contributed by atoms with van der Waals surface area (Å²) in [6, 6.07) is 9.95. The minimum atomic E-state index is 0. The fourth-order valence-corrected chi connectivity index (χ4v) is 2.45. The van der Waals surface area contributed by atoms with Crippen LogP contribution >= 0.6 is 24.0 Å². The zero-order valence-corrected chi connectivity index (χ0v) is 18.0. The topological polar surface area (TPSA) is 67.8 Å². The average molecular weight is 470 g/mol. The quantitative estimate of drug-likeness (QED) is 0.370. The maximum absolute atomic E-state index is 5.34. The molecule has 0 radical (unpaired) electrons. The highest BCUT2D eigenvalue weighted by Crippen LogP contribution is 2.27. The van der Waals surface area contributed by atoms with Gasteiger partial charge in [-0.2, -0.15) is 0 Å². The zero-order valence-electron chi connectivity index (χ0n) is 15.7. The molecule has 26 heavy (non-hydrogen) atoms. The predicted octanol–water partition coefficient (Wildman–Crippen LogP) is 2.93. The first-order chi connectivity index (χ1) is 12.2. The molecule has 1 heterocycles. The number of pyridine rings is 1. The first kappa shape index (κ1) is 22.0. The van der Waals surface area contributed by atoms with Gasteiger partial charge in [0.2, 0.25) is 0 Å². The molecule has 0 fully saturated rings. The standard InChI is InChI=1S/C19H26N4O2.HI/c1-14-6-5-10-21-16(14)13-23-19(20-2)22-11-9-15-7-8-17(24-3)18(12-15)25-4;/h5-8,10,12H,9,11,13H2,1-4H3,(H2,20,22,23);1H. The summed E-state index contributed by atoms with van der Waals surface area (Å²) in [6.07, 6.45) is 2.65. The van der Waals surface area contributed by atoms with Crippen molar-refractivity contribution in [3.63, 3.8) is 0 Å². The van der Waals surface area contributed by atoms with E-state index in [0.717, 1.165) is 41.7 Å². The van der Waals surface area contributed by atoms with E-state index in [4.69, 9.17) is 9.47 Å². The lowest BCUT2D eigenvalue weighted by Crippen LogP contribution is -2.38. The molecule has 142 valence electrons. The van der Waals surface area contributed by atoms with Crippen LogP contribution in [0.4, 0.5) is 0 Å². The molecule has 2 aromatic rings. The summed E-state index contributed by atoms with van der Waals surface area (Å²) in [5, 5.41) is 6.60. The van der Waals surface area contributed by atoms with Crippen LogP contribution in [0.5, 0.6) is 11.5 Å². The number of hydrogen-bond donors (Lipinski definition) is 2. The summed E-state index contributed by atoms with van der Waals surface area (Å²) in [4.78, 5) is 8.62. The van der Waals surface area contributed by atoms with Crippen molar-refractivity contribution in [3.05, 3.63) is 53.3 Å². The second kappa shape index (κ2) is 11.6. The van der Waals surface area contributed by atoms with Crippen molar-refractivity contribution in [2.75, 3.05) is 27.8 Å². The number of methoxy groups -OCH3 is 2. The summed E-state index contributed by atoms with van der Waals surface area (Å²) in [5.41, 5.74) is 3.35. The molecule has 2 rings (SSSR count). The van der Waals surface area contributed by atoms with Crippen molar-refractivity contribution >= 4 is 29.9 Å². The van der Waals surface area contributed by atoms with Crippen LogP contribution in [0.1, 0.15) is 16.8 Å². The Hall–Kier alpha value is -2.03. The summed E-state index contributed by atoms with van der Waals surface area (Å²) < 4.78 is 10.6. The molecule has 1 aromatic carbocycles. The predicted molar refractivity (Wildman–Crippen MR) is 116 cm³/mol. The first-order valence-electron chi connectivity index (χ1n) is 8.23. The molecule has 0 aliphatic rings. The number of halogens is 1. The van der Waals surface area contributed by atoms with E-state index in [9.17, 15) is 0 Å². The Labute approximate surface area is 172 Å². The Morgan fingerprint density at radius 2 is 1.88 bits per heavy atom. The number of benzene rings is 1. The number of aromatic nitrogens is 1. The maximum atomic E-state index is 5.34. The fourth-order valence-electron chi connectivity index (χ4n) is 2.45. The molecule has 0 aliphatic heterocycles. The summed E-state index contributed by atoms with van der Waals surface area (Å²) in [5.74, 6) is 2.24. The molecular formula is C19H27IN4O2. The van der Waals surface area contributed by atoms with Gasteiger partial charge >= 0.3 is 0 Å². The summed E-state index contributed by atoms with van der Waals surface area (Å²) in [7, 11) is 5.04. The summed E-state index contributed by atoms with van der Waals surface area (Å²) >= 11 is 0. The molecular weight excluding hydrogens is 443 g/mol. The molecule has 0 saturated heterocycles. The third-order valence-corrected chi connectivity index (χ3v) is 3.92. The molecule has 0 spiro atoms. The number of ether oxygens (including phenoxy) is 2. The SMILES string of the molecule is CN=C(NCCc1ccc(OC)c(OC)c1)NCc1ncccc1C.I. The van der Waals surface area contributed by atoms with E-state index in [-0.39, 0.29) is 24.0 Å². The Kier molecular flexibility index (Phi) is 9.79. The minimum absolute atomic E-state index is 0. The van der Waals surface area contributed by atoms with Crippen LogP contribution in [0.15, 0.2) is 41.5 Å². The molecule has 6 nitrogen and oxygen atoms in total. The third kappa shape index (κ3) is 6.36. The van der Waals surface area contributed by atoms with Crippen molar-refractivity contribution in [2.24, 2.45) is 4.99 Å². The minimum Gasteiger partial charge on any atom is -0.493 e. The van der Waals surface area contributed by atoms with Crippen molar-refractivity contribution < 1.29 is 9.47 Å². The van der Waals surface area contributed by atoms with Crippen LogP contribution in [-0.4, -0.2) is 38.8 Å². The van der Waals surface area contributed by atoms with Crippen LogP contribution < -0.4 is 20.1 Å². The third-order valence-electron chi connectivity index (χ3n) is 3.92. The van der Waals surface area contributed by atoms with E-state index in [1.807, 2.05) is 24.3 Å². The molecule has 2 N–H and O–H groups in total. The monoisotopic (exact) mass is 470 g/mol. The van der Waals surface area contributed by atoms with Crippen molar-refractivity contribution in [2.45, 2.75) is 19.9 Å². The maximum Gasteiger partial charge on any atom is 0.191 e. The highest BCUT2D eigenvalue weighted by Gasteiger charge is 2.05. The van der Waals surface area contributed by atoms with E-state index < -0.39 is 0 Å². The Morgan fingerprint density at radius 1 is 1.12 bits per heavy atom. The van der Waals surface area contributed by atoms with Gasteiger partial charge < -0.3 is 20.1 Å². The van der Waals surface area contributed by atoms with Crippen molar-refractivity contribution in [3.8, 4) is 11.5 Å². The van der Waals surface area contributed by atoms with Gasteiger partial charge in [-0.25, -0.2) is 0 Å². The molecule has 7 heteroatoms. The molecule has 0 bridgehead atoms. The van der Waals surface area contributed by atoms with Gasteiger partial charge in [-0.3, -0.25) is 9.98 Å². The van der Waals surface area contributed by atoms with Gasteiger partial charge in [0.05, 0.1) is 26.5 Å². The number of aryl methyl sites for hydroxylation is 1. The van der Waals surface area contributed by atoms with Gasteiger partial charge in [0.15, 0.2) is 17.5 Å². The van der Waals surface area contributed by atoms with Crippen LogP contribution in [0.25, 0.3) is 0 Å². The highest BCUT2D eigenvalue weighted by molar-refractivity contribution is 14.0. The van der Waals surface area contributed by atoms with Crippen LogP contribution in [0.2, 0.25) is 0 Å². The van der Waals surface area contributed by atoms with E-state index in [0.29, 0.717) is 6.54 Å². The Bertz CT molecular complexity index is 722. The second-order valence-electron chi connectivity index (χ2n) is 5.56. The van der Waals surface area contributed by atoms with Crippen molar-refractivity contribution in [1.82, 2.24) is 15.6 Å². The second-order valence-corrected chi connectivity index (χ2v) is 5.56. The average Bonchev–Trinajstić information content (AvgIpc) is 2.65. The van der Waals surface area contributed by atoms with Crippen LogP contribution in [0, 0.1) is 6.92 Å². The van der Waals surface area contributed by atoms with Gasteiger partial charge in [0, 0.05) is 19.8 Å². The molecule has 0 aliphatic carbocycles. The van der Waals surface area contributed by atoms with E-state index in [2.05, 4.69) is 33.6 Å². The number of guanidine groups is 1. The zero-order chi connectivity index (χ0) is 18.1. The number of hydrogen-bond acceptors (Lipinski definition) is 4. The lowest BCUT2D eigenvalue weighted by molar-refractivity contribution is 0.354. The fraction of sp³-hybridized carbons (Fsp3) is 0.368. The lowest BCUT2D eigenvalue weighted by Gasteiger charge is -2.13. The van der Waals surface area contributed by atoms with Gasteiger partial charge in [-0.15, -0.1) is 24.0 Å². The molecule has 0 atom stereocenters. The molecule has 0 amide bonds. The molecule has 0 saturated carbocycles. The number of nitrogens with zero attached hydrogens (tertiary/aromatic N) is 2. The van der Waals surface area contributed by atoms with Gasteiger partial charge in [0.25, 0.3) is 0 Å². The van der Waals surface area contributed by atoms with Crippen molar-refractivity contribution in [1.29, 1.82) is 0 Å². The number of aliphatic imine (C=N–C) groups is 1. The van der Waals surface area contributed by atoms with Gasteiger partial charge in [0.1, 0.15) is 0 Å². The number of rotatable bonds is 7. The van der Waals surface area contributed by atoms with Crippen LogP contribution in [-0.2, 0) is 13.0 Å². The van der Waals surface area contributed by atoms with Gasteiger partial charge in [-0.05, 0) is 42.7 Å². The van der Waals surface area contributed by atoms with E-state index in [1.54, 1.807) is 27.5 Å². The smallest absolute Gasteiger partial charge is 0.191 e. The Morgan fingerprint density at radius 3 is 2.54 bits per heavy atom. The molecule has 1 aromatic heterocycles. The first-order valence-corrected chi connectivity index (χ1v) is 8.23. The van der Waals surface area contributed by atoms with E-state index >= 15 is 0 Å². The summed E-state index contributed by atoms with van der Waals surface area (Å²) in [6.45, 7) is 3.45. The normalized spacial score (nSPS) is 10.7. The van der Waals surface area contributed by atoms with E-state index in [1.165, 1.54) is 5.56 Å². The highest BCUT2D eigenvalue weighted by atomic mass is 127. The largest absolute Gasteiger partial charge is 0.493 e. The van der Waals surface area contributed by atoms with Crippen LogP contribution in [0.3, 0.4) is 0 Å². The molecule has 0 unspecified atom stereocenters. The van der Waals surface area contributed by atoms with Gasteiger partial charge in [-0.1, -0.05) is 12.1 Å².